The summed E-state index contributed by atoms with van der Waals surface area (Å²) in [5.74, 6) is -0.283. The van der Waals surface area contributed by atoms with Gasteiger partial charge in [0.15, 0.2) is 0 Å². The topological polar surface area (TPSA) is 67.5 Å². The van der Waals surface area contributed by atoms with E-state index in [0.717, 1.165) is 11.1 Å². The molecule has 0 saturated heterocycles. The summed E-state index contributed by atoms with van der Waals surface area (Å²) in [6, 6.07) is 21.0. The lowest BCUT2D eigenvalue weighted by Crippen LogP contribution is -2.34. The van der Waals surface area contributed by atoms with Crippen LogP contribution in [-0.2, 0) is 0 Å². The fraction of sp³-hybridized carbons (Fsp3) is 0.348. The minimum Gasteiger partial charge on any atom is -0.392 e. The fourth-order valence-corrected chi connectivity index (χ4v) is 3.12. The number of nitrogens with zero attached hydrogens (tertiary/aromatic N) is 2. The summed E-state index contributed by atoms with van der Waals surface area (Å²) in [4.78, 5) is 1.77. The maximum atomic E-state index is 10.7. The van der Waals surface area contributed by atoms with Crippen LogP contribution in [0.4, 0.5) is 0 Å². The molecule has 0 saturated carbocycles. The Morgan fingerprint density at radius 1 is 1.04 bits per heavy atom. The van der Waals surface area contributed by atoms with Gasteiger partial charge in [0.2, 0.25) is 0 Å². The molecule has 4 atom stereocenters. The van der Waals surface area contributed by atoms with E-state index in [1.54, 1.807) is 18.0 Å². The molecule has 0 aliphatic rings. The number of nitriles is 1. The van der Waals surface area contributed by atoms with Gasteiger partial charge in [-0.25, -0.2) is 0 Å². The van der Waals surface area contributed by atoms with Crippen LogP contribution >= 0.6 is 0 Å². The molecule has 27 heavy (non-hydrogen) atoms. The highest BCUT2D eigenvalue weighted by Gasteiger charge is 2.24. The molecular weight excluding hydrogens is 336 g/mol. The predicted octanol–water partition coefficient (Wildman–Crippen LogP) is 4.00. The molecule has 0 aliphatic heterocycles. The standard InChI is InChI=1S/C23H28N2O2/c1-4-22(26)21(18-11-7-5-8-12-18)15-20(16-24)25(3)17(2)23(27)19-13-9-6-10-14-19/h5-15,17,21-23,26-27H,4H2,1-3H3/b20-15-/t17-,21+,22-,23-/m0/s1. The van der Waals surface area contributed by atoms with Gasteiger partial charge in [-0.1, -0.05) is 67.6 Å². The number of hydrogen-bond donors (Lipinski definition) is 2. The third-order valence-electron chi connectivity index (χ3n) is 5.06. The normalized spacial score (nSPS) is 16.1. The molecule has 2 aromatic rings. The second-order valence-corrected chi connectivity index (χ2v) is 6.78. The van der Waals surface area contributed by atoms with E-state index < -0.39 is 12.2 Å². The number of rotatable bonds is 8. The van der Waals surface area contributed by atoms with Crippen molar-refractivity contribution in [3.05, 3.63) is 83.6 Å². The summed E-state index contributed by atoms with van der Waals surface area (Å²) in [6.07, 6.45) is 1.08. The highest BCUT2D eigenvalue weighted by Crippen LogP contribution is 2.27. The lowest BCUT2D eigenvalue weighted by atomic mass is 9.90. The SMILES string of the molecule is CC[C@H](O)[C@H](/C=C(/C#N)N(C)[C@@H](C)[C@H](O)c1ccccc1)c1ccccc1. The Labute approximate surface area is 162 Å². The number of benzene rings is 2. The number of likely N-dealkylation sites (N-methyl/N-ethyl adjacent to an activating group) is 1. The number of aliphatic hydroxyl groups is 2. The van der Waals surface area contributed by atoms with Gasteiger partial charge in [0, 0.05) is 13.0 Å². The zero-order valence-electron chi connectivity index (χ0n) is 16.2. The molecule has 0 aliphatic carbocycles. The minimum absolute atomic E-state index is 0.283. The number of aliphatic hydroxyl groups excluding tert-OH is 2. The lowest BCUT2D eigenvalue weighted by Gasteiger charge is -2.31. The highest BCUT2D eigenvalue weighted by molar-refractivity contribution is 5.31. The van der Waals surface area contributed by atoms with E-state index in [9.17, 15) is 15.5 Å². The van der Waals surface area contributed by atoms with E-state index >= 15 is 0 Å². The fourth-order valence-electron chi connectivity index (χ4n) is 3.12. The van der Waals surface area contributed by atoms with Gasteiger partial charge in [0.25, 0.3) is 0 Å². The lowest BCUT2D eigenvalue weighted by molar-refractivity contribution is 0.0905. The monoisotopic (exact) mass is 364 g/mol. The van der Waals surface area contributed by atoms with Gasteiger partial charge in [0.05, 0.1) is 18.2 Å². The second kappa shape index (κ2) is 9.91. The van der Waals surface area contributed by atoms with Gasteiger partial charge in [0.1, 0.15) is 11.8 Å². The van der Waals surface area contributed by atoms with E-state index in [2.05, 4.69) is 6.07 Å². The van der Waals surface area contributed by atoms with E-state index in [1.807, 2.05) is 74.5 Å². The molecule has 4 nitrogen and oxygen atoms in total. The first-order valence-electron chi connectivity index (χ1n) is 9.30. The Morgan fingerprint density at radius 2 is 1.56 bits per heavy atom. The molecule has 0 bridgehead atoms. The van der Waals surface area contributed by atoms with Gasteiger partial charge >= 0.3 is 0 Å². The van der Waals surface area contributed by atoms with Crippen molar-refractivity contribution >= 4 is 0 Å². The first-order valence-corrected chi connectivity index (χ1v) is 9.30. The average Bonchev–Trinajstić information content (AvgIpc) is 2.73. The van der Waals surface area contributed by atoms with Gasteiger partial charge in [-0.15, -0.1) is 0 Å². The molecule has 0 unspecified atom stereocenters. The van der Waals surface area contributed by atoms with Crippen LogP contribution in [0.2, 0.25) is 0 Å². The van der Waals surface area contributed by atoms with E-state index in [1.165, 1.54) is 0 Å². The molecule has 0 aromatic heterocycles. The summed E-state index contributed by atoms with van der Waals surface area (Å²) in [5, 5.41) is 30.9. The van der Waals surface area contributed by atoms with E-state index in [0.29, 0.717) is 12.1 Å². The molecule has 142 valence electrons. The predicted molar refractivity (Wildman–Crippen MR) is 108 cm³/mol. The van der Waals surface area contributed by atoms with Crippen molar-refractivity contribution in [2.75, 3.05) is 7.05 Å². The molecule has 2 N–H and O–H groups in total. The molecular formula is C23H28N2O2. The third kappa shape index (κ3) is 5.19. The van der Waals surface area contributed by atoms with Crippen molar-refractivity contribution in [2.24, 2.45) is 0 Å². The van der Waals surface area contributed by atoms with Gasteiger partial charge < -0.3 is 15.1 Å². The van der Waals surface area contributed by atoms with Gasteiger partial charge in [-0.05, 0) is 30.5 Å². The Bertz CT molecular complexity index is 768. The van der Waals surface area contributed by atoms with Crippen LogP contribution in [0, 0.1) is 11.3 Å². The summed E-state index contributed by atoms with van der Waals surface area (Å²) in [7, 11) is 1.80. The van der Waals surface area contributed by atoms with Gasteiger partial charge in [-0.3, -0.25) is 0 Å². The van der Waals surface area contributed by atoms with Crippen LogP contribution in [0.1, 0.15) is 43.4 Å². The molecule has 0 spiro atoms. The quantitative estimate of drug-likeness (QED) is 0.695. The van der Waals surface area contributed by atoms with Crippen LogP contribution in [0.15, 0.2) is 72.4 Å². The first-order chi connectivity index (χ1) is 13.0. The molecule has 0 radical (unpaired) electrons. The number of allylic oxidation sites excluding steroid dienone is 1. The van der Waals surface area contributed by atoms with Gasteiger partial charge in [-0.2, -0.15) is 5.26 Å². The first kappa shape index (κ1) is 20.7. The van der Waals surface area contributed by atoms with Crippen molar-refractivity contribution in [3.8, 4) is 6.07 Å². The Kier molecular flexibility index (Phi) is 7.60. The van der Waals surface area contributed by atoms with Crippen molar-refractivity contribution in [3.63, 3.8) is 0 Å². The van der Waals surface area contributed by atoms with Crippen molar-refractivity contribution < 1.29 is 10.2 Å². The second-order valence-electron chi connectivity index (χ2n) is 6.78. The summed E-state index contributed by atoms with van der Waals surface area (Å²) >= 11 is 0. The molecule has 0 amide bonds. The highest BCUT2D eigenvalue weighted by atomic mass is 16.3. The Balaban J connectivity index is 2.30. The number of hydrogen-bond acceptors (Lipinski definition) is 4. The van der Waals surface area contributed by atoms with Crippen molar-refractivity contribution in [1.29, 1.82) is 5.26 Å². The molecule has 4 heteroatoms. The van der Waals surface area contributed by atoms with Crippen LogP contribution in [0.25, 0.3) is 0 Å². The summed E-state index contributed by atoms with van der Waals surface area (Å²) in [5.41, 5.74) is 2.20. The minimum atomic E-state index is -0.723. The summed E-state index contributed by atoms with van der Waals surface area (Å²) in [6.45, 7) is 3.81. The Morgan fingerprint density at radius 3 is 2.04 bits per heavy atom. The van der Waals surface area contributed by atoms with E-state index in [-0.39, 0.29) is 12.0 Å². The zero-order valence-corrected chi connectivity index (χ0v) is 16.2. The largest absolute Gasteiger partial charge is 0.392 e. The third-order valence-corrected chi connectivity index (χ3v) is 5.06. The maximum Gasteiger partial charge on any atom is 0.117 e. The average molecular weight is 364 g/mol. The van der Waals surface area contributed by atoms with E-state index in [4.69, 9.17) is 0 Å². The van der Waals surface area contributed by atoms with Crippen LogP contribution in [0.3, 0.4) is 0 Å². The van der Waals surface area contributed by atoms with Crippen LogP contribution in [-0.4, -0.2) is 34.3 Å². The van der Waals surface area contributed by atoms with Crippen LogP contribution in [0.5, 0.6) is 0 Å². The summed E-state index contributed by atoms with van der Waals surface area (Å²) < 4.78 is 0. The van der Waals surface area contributed by atoms with Crippen LogP contribution < -0.4 is 0 Å². The molecule has 0 heterocycles. The molecule has 2 aromatic carbocycles. The van der Waals surface area contributed by atoms with Crippen molar-refractivity contribution in [2.45, 2.75) is 44.4 Å². The zero-order chi connectivity index (χ0) is 19.8. The molecule has 0 fully saturated rings. The molecule has 2 rings (SSSR count). The smallest absolute Gasteiger partial charge is 0.117 e. The maximum absolute atomic E-state index is 10.7. The van der Waals surface area contributed by atoms with Crippen molar-refractivity contribution in [1.82, 2.24) is 4.90 Å². The Hall–Kier alpha value is -2.61.